The van der Waals surface area contributed by atoms with Gasteiger partial charge >= 0.3 is 5.97 Å². The van der Waals surface area contributed by atoms with Gasteiger partial charge in [-0.3, -0.25) is 4.79 Å². The number of carbonyl (C=O) groups is 1. The summed E-state index contributed by atoms with van der Waals surface area (Å²) in [6, 6.07) is 0. The summed E-state index contributed by atoms with van der Waals surface area (Å²) < 4.78 is 5.91. The molecule has 0 heterocycles. The fourth-order valence-electron chi connectivity index (χ4n) is 4.74. The molecule has 3 rings (SSSR count). The molecule has 2 bridgehead atoms. The maximum absolute atomic E-state index is 12.6. The van der Waals surface area contributed by atoms with E-state index in [1.807, 2.05) is 13.8 Å². The first-order chi connectivity index (χ1) is 10.0. The number of hydrogen-bond donors (Lipinski definition) is 2. The smallest absolute Gasteiger partial charge is 0.312 e. The van der Waals surface area contributed by atoms with Gasteiger partial charge in [-0.05, 0) is 62.2 Å². The van der Waals surface area contributed by atoms with E-state index in [1.165, 1.54) is 0 Å². The Morgan fingerprint density at radius 3 is 2.23 bits per heavy atom. The third-order valence-electron chi connectivity index (χ3n) is 7.12. The zero-order chi connectivity index (χ0) is 16.4. The first-order valence-electron chi connectivity index (χ1n) is 8.61. The Kier molecular flexibility index (Phi) is 3.65. The first kappa shape index (κ1) is 16.3. The van der Waals surface area contributed by atoms with Gasteiger partial charge in [0.15, 0.2) is 0 Å². The van der Waals surface area contributed by atoms with Gasteiger partial charge in [-0.2, -0.15) is 0 Å². The normalized spacial score (nSPS) is 44.2. The van der Waals surface area contributed by atoms with Crippen molar-refractivity contribution in [2.45, 2.75) is 72.2 Å². The molecule has 0 aromatic carbocycles. The largest absolute Gasteiger partial charge is 0.462 e. The van der Waals surface area contributed by atoms with Crippen LogP contribution in [0.2, 0.25) is 0 Å². The van der Waals surface area contributed by atoms with E-state index < -0.39 is 17.6 Å². The first-order valence-corrected chi connectivity index (χ1v) is 8.61. The quantitative estimate of drug-likeness (QED) is 0.769. The monoisotopic (exact) mass is 310 g/mol. The van der Waals surface area contributed by atoms with Crippen molar-refractivity contribution in [1.29, 1.82) is 0 Å². The van der Waals surface area contributed by atoms with Crippen LogP contribution in [0.1, 0.15) is 53.9 Å². The van der Waals surface area contributed by atoms with Crippen LogP contribution in [0.3, 0.4) is 0 Å². The molecule has 4 nitrogen and oxygen atoms in total. The highest BCUT2D eigenvalue weighted by Crippen LogP contribution is 2.59. The highest BCUT2D eigenvalue weighted by molar-refractivity contribution is 5.77. The molecule has 126 valence electrons. The summed E-state index contributed by atoms with van der Waals surface area (Å²) >= 11 is 0. The molecule has 0 aromatic rings. The van der Waals surface area contributed by atoms with Crippen molar-refractivity contribution in [1.82, 2.24) is 0 Å². The molecule has 0 amide bonds. The van der Waals surface area contributed by atoms with Gasteiger partial charge in [0.05, 0.1) is 17.6 Å². The lowest BCUT2D eigenvalue weighted by Gasteiger charge is -2.39. The Bertz CT molecular complexity index is 464. The van der Waals surface area contributed by atoms with Crippen LogP contribution < -0.4 is 0 Å². The number of rotatable bonds is 2. The van der Waals surface area contributed by atoms with Crippen LogP contribution in [-0.4, -0.2) is 34.5 Å². The van der Waals surface area contributed by atoms with Gasteiger partial charge < -0.3 is 14.9 Å². The number of aliphatic hydroxyl groups excluding tert-OH is 2. The molecular formula is C18H30O4. The Hall–Kier alpha value is -0.610. The second-order valence-corrected chi connectivity index (χ2v) is 9.25. The topological polar surface area (TPSA) is 66.8 Å². The van der Waals surface area contributed by atoms with Crippen LogP contribution >= 0.6 is 0 Å². The molecule has 7 unspecified atom stereocenters. The van der Waals surface area contributed by atoms with Crippen molar-refractivity contribution in [3.63, 3.8) is 0 Å². The Morgan fingerprint density at radius 1 is 1.00 bits per heavy atom. The van der Waals surface area contributed by atoms with E-state index in [9.17, 15) is 15.0 Å². The van der Waals surface area contributed by atoms with Crippen molar-refractivity contribution in [2.24, 2.45) is 34.5 Å². The van der Waals surface area contributed by atoms with Crippen molar-refractivity contribution >= 4 is 5.97 Å². The van der Waals surface area contributed by atoms with Gasteiger partial charge in [0.1, 0.15) is 6.10 Å². The summed E-state index contributed by atoms with van der Waals surface area (Å²) in [5, 5.41) is 20.0. The predicted octanol–water partition coefficient (Wildman–Crippen LogP) is 2.37. The van der Waals surface area contributed by atoms with E-state index in [2.05, 4.69) is 20.8 Å². The van der Waals surface area contributed by atoms with Gasteiger partial charge in [-0.1, -0.05) is 20.8 Å². The number of fused-ring (bicyclic) bond motifs is 5. The van der Waals surface area contributed by atoms with E-state index in [0.29, 0.717) is 24.2 Å². The summed E-state index contributed by atoms with van der Waals surface area (Å²) in [6.07, 6.45) is 1.33. The van der Waals surface area contributed by atoms with Crippen LogP contribution in [-0.2, 0) is 9.53 Å². The number of ether oxygens (including phenoxy) is 1. The molecule has 4 heteroatoms. The fourth-order valence-corrected chi connectivity index (χ4v) is 4.74. The maximum Gasteiger partial charge on any atom is 0.312 e. The zero-order valence-electron chi connectivity index (χ0n) is 14.4. The molecule has 3 saturated carbocycles. The summed E-state index contributed by atoms with van der Waals surface area (Å²) in [5.41, 5.74) is -0.674. The molecule has 2 N–H and O–H groups in total. The lowest BCUT2D eigenvalue weighted by Crippen LogP contribution is -2.43. The van der Waals surface area contributed by atoms with Crippen molar-refractivity contribution in [3.8, 4) is 0 Å². The van der Waals surface area contributed by atoms with Crippen LogP contribution in [0.4, 0.5) is 0 Å². The standard InChI is InChI=1S/C18H30O4/c1-17(2,3)18(4,5)16(21)22-13-7-9-6-10(13)11-8-12(19)15(20)14(9)11/h9-15,19-20H,6-8H2,1-5H3. The highest BCUT2D eigenvalue weighted by atomic mass is 16.5. The average molecular weight is 310 g/mol. The van der Waals surface area contributed by atoms with Gasteiger partial charge in [0.25, 0.3) is 0 Å². The number of carbonyl (C=O) groups excluding carboxylic acids is 1. The second-order valence-electron chi connectivity index (χ2n) is 9.25. The van der Waals surface area contributed by atoms with Gasteiger partial charge in [-0.25, -0.2) is 0 Å². The van der Waals surface area contributed by atoms with Crippen LogP contribution in [0.5, 0.6) is 0 Å². The minimum Gasteiger partial charge on any atom is -0.462 e. The Balaban J connectivity index is 1.69. The predicted molar refractivity (Wildman–Crippen MR) is 82.9 cm³/mol. The lowest BCUT2D eigenvalue weighted by atomic mass is 9.69. The molecule has 3 aliphatic carbocycles. The van der Waals surface area contributed by atoms with Crippen LogP contribution in [0.15, 0.2) is 0 Å². The van der Waals surface area contributed by atoms with Crippen molar-refractivity contribution in [2.75, 3.05) is 0 Å². The molecule has 3 fully saturated rings. The molecule has 0 aliphatic heterocycles. The van der Waals surface area contributed by atoms with Crippen molar-refractivity contribution < 1.29 is 19.7 Å². The minimum atomic E-state index is -0.597. The molecule has 0 radical (unpaired) electrons. The maximum atomic E-state index is 12.6. The third-order valence-corrected chi connectivity index (χ3v) is 7.12. The van der Waals surface area contributed by atoms with Gasteiger partial charge in [-0.15, -0.1) is 0 Å². The molecule has 0 spiro atoms. The number of hydrogen-bond acceptors (Lipinski definition) is 4. The fraction of sp³-hybridized carbons (Fsp3) is 0.944. The molecule has 3 aliphatic rings. The van der Waals surface area contributed by atoms with Gasteiger partial charge in [0.2, 0.25) is 0 Å². The summed E-state index contributed by atoms with van der Waals surface area (Å²) in [7, 11) is 0. The molecule has 0 saturated heterocycles. The van der Waals surface area contributed by atoms with E-state index in [1.54, 1.807) is 0 Å². The van der Waals surface area contributed by atoms with Crippen LogP contribution in [0.25, 0.3) is 0 Å². The average Bonchev–Trinajstić information content (AvgIpc) is 3.01. The highest BCUT2D eigenvalue weighted by Gasteiger charge is 2.61. The lowest BCUT2D eigenvalue weighted by molar-refractivity contribution is -0.170. The third kappa shape index (κ3) is 2.22. The number of esters is 1. The Labute approximate surface area is 133 Å². The van der Waals surface area contributed by atoms with E-state index >= 15 is 0 Å². The molecular weight excluding hydrogens is 280 g/mol. The van der Waals surface area contributed by atoms with E-state index in [4.69, 9.17) is 4.74 Å². The van der Waals surface area contributed by atoms with Gasteiger partial charge in [0, 0.05) is 0 Å². The molecule has 7 atom stereocenters. The SMILES string of the molecule is CC(C)(C)C(C)(C)C(=O)OC1CC2CC1C1CC(O)C(O)C21. The number of aliphatic hydroxyl groups is 2. The molecule has 22 heavy (non-hydrogen) atoms. The molecule has 0 aromatic heterocycles. The summed E-state index contributed by atoms with van der Waals surface area (Å²) in [6.45, 7) is 10.1. The summed E-state index contributed by atoms with van der Waals surface area (Å²) in [5.74, 6) is 1.14. The van der Waals surface area contributed by atoms with Crippen LogP contribution in [0, 0.1) is 34.5 Å². The zero-order valence-corrected chi connectivity index (χ0v) is 14.4. The Morgan fingerprint density at radius 2 is 1.64 bits per heavy atom. The van der Waals surface area contributed by atoms with E-state index in [-0.39, 0.29) is 23.4 Å². The second kappa shape index (κ2) is 4.94. The van der Waals surface area contributed by atoms with Crippen molar-refractivity contribution in [3.05, 3.63) is 0 Å². The summed E-state index contributed by atoms with van der Waals surface area (Å²) in [4.78, 5) is 12.6. The minimum absolute atomic E-state index is 0.0297. The van der Waals surface area contributed by atoms with E-state index in [0.717, 1.165) is 12.8 Å².